The van der Waals surface area contributed by atoms with Crippen LogP contribution in [0.25, 0.3) is 0 Å². The van der Waals surface area contributed by atoms with Crippen LogP contribution in [0.4, 0.5) is 5.69 Å². The number of rotatable bonds is 5. The predicted octanol–water partition coefficient (Wildman–Crippen LogP) is 4.22. The predicted molar refractivity (Wildman–Crippen MR) is 84.3 cm³/mol. The Labute approximate surface area is 121 Å². The molecule has 0 unspecified atom stereocenters. The maximum atomic E-state index is 11.3. The summed E-state index contributed by atoms with van der Waals surface area (Å²) in [7, 11) is 0. The average Bonchev–Trinajstić information content (AvgIpc) is 2.46. The standard InChI is InChI=1S/C18H21NO/c1-14(2)19(12-16-7-5-4-6-8-16)18-10-9-15(3)11-17(18)13-20/h4-11,13-14H,12H2,1-3H3. The van der Waals surface area contributed by atoms with E-state index < -0.39 is 0 Å². The molecule has 2 aromatic carbocycles. The second kappa shape index (κ2) is 6.38. The van der Waals surface area contributed by atoms with E-state index in [0.717, 1.165) is 29.6 Å². The Morgan fingerprint density at radius 3 is 2.40 bits per heavy atom. The summed E-state index contributed by atoms with van der Waals surface area (Å²) in [6, 6.07) is 16.7. The molecular weight excluding hydrogens is 246 g/mol. The summed E-state index contributed by atoms with van der Waals surface area (Å²) in [5.41, 5.74) is 4.12. The largest absolute Gasteiger partial charge is 0.364 e. The minimum atomic E-state index is 0.330. The fourth-order valence-corrected chi connectivity index (χ4v) is 2.36. The van der Waals surface area contributed by atoms with Crippen molar-refractivity contribution in [1.82, 2.24) is 0 Å². The lowest BCUT2D eigenvalue weighted by Gasteiger charge is -2.30. The van der Waals surface area contributed by atoms with Crippen molar-refractivity contribution >= 4 is 12.0 Å². The summed E-state index contributed by atoms with van der Waals surface area (Å²) in [6.45, 7) is 7.12. The molecule has 0 aliphatic heterocycles. The summed E-state index contributed by atoms with van der Waals surface area (Å²) < 4.78 is 0. The normalized spacial score (nSPS) is 10.6. The SMILES string of the molecule is Cc1ccc(N(Cc2ccccc2)C(C)C)c(C=O)c1. The topological polar surface area (TPSA) is 20.3 Å². The zero-order valence-corrected chi connectivity index (χ0v) is 12.3. The number of hydrogen-bond donors (Lipinski definition) is 0. The van der Waals surface area contributed by atoms with E-state index in [2.05, 4.69) is 36.9 Å². The number of aryl methyl sites for hydroxylation is 1. The van der Waals surface area contributed by atoms with Gasteiger partial charge in [-0.1, -0.05) is 42.0 Å². The first-order valence-corrected chi connectivity index (χ1v) is 6.98. The molecule has 20 heavy (non-hydrogen) atoms. The molecule has 2 heteroatoms. The summed E-state index contributed by atoms with van der Waals surface area (Å²) in [6.07, 6.45) is 0.947. The Balaban J connectivity index is 2.36. The molecule has 0 fully saturated rings. The van der Waals surface area contributed by atoms with E-state index >= 15 is 0 Å². The lowest BCUT2D eigenvalue weighted by Crippen LogP contribution is -2.31. The molecule has 0 aliphatic carbocycles. The van der Waals surface area contributed by atoms with Gasteiger partial charge >= 0.3 is 0 Å². The van der Waals surface area contributed by atoms with Crippen molar-refractivity contribution in [2.45, 2.75) is 33.4 Å². The highest BCUT2D eigenvalue weighted by Gasteiger charge is 2.14. The maximum Gasteiger partial charge on any atom is 0.152 e. The minimum absolute atomic E-state index is 0.330. The van der Waals surface area contributed by atoms with Crippen molar-refractivity contribution < 1.29 is 4.79 Å². The molecule has 0 aromatic heterocycles. The lowest BCUT2D eigenvalue weighted by molar-refractivity contribution is 0.112. The molecule has 0 N–H and O–H groups in total. The van der Waals surface area contributed by atoms with Gasteiger partial charge in [0.15, 0.2) is 6.29 Å². The number of anilines is 1. The number of carbonyl (C=O) groups excluding carboxylic acids is 1. The summed E-state index contributed by atoms with van der Waals surface area (Å²) >= 11 is 0. The van der Waals surface area contributed by atoms with E-state index in [-0.39, 0.29) is 0 Å². The molecule has 0 spiro atoms. The van der Waals surface area contributed by atoms with E-state index in [4.69, 9.17) is 0 Å². The third kappa shape index (κ3) is 3.27. The lowest BCUT2D eigenvalue weighted by atomic mass is 10.1. The van der Waals surface area contributed by atoms with Crippen LogP contribution in [0.15, 0.2) is 48.5 Å². The van der Waals surface area contributed by atoms with Crippen LogP contribution in [0.3, 0.4) is 0 Å². The van der Waals surface area contributed by atoms with Gasteiger partial charge in [0.1, 0.15) is 0 Å². The number of hydrogen-bond acceptors (Lipinski definition) is 2. The minimum Gasteiger partial charge on any atom is -0.364 e. The fourth-order valence-electron chi connectivity index (χ4n) is 2.36. The van der Waals surface area contributed by atoms with Crippen LogP contribution in [0, 0.1) is 6.92 Å². The highest BCUT2D eigenvalue weighted by atomic mass is 16.1. The molecule has 0 radical (unpaired) electrons. The van der Waals surface area contributed by atoms with Crippen LogP contribution in [-0.4, -0.2) is 12.3 Å². The van der Waals surface area contributed by atoms with Gasteiger partial charge in [-0.15, -0.1) is 0 Å². The van der Waals surface area contributed by atoms with E-state index in [9.17, 15) is 4.79 Å². The van der Waals surface area contributed by atoms with E-state index in [1.807, 2.05) is 37.3 Å². The van der Waals surface area contributed by atoms with Crippen LogP contribution >= 0.6 is 0 Å². The Morgan fingerprint density at radius 1 is 1.10 bits per heavy atom. The summed E-state index contributed by atoms with van der Waals surface area (Å²) in [4.78, 5) is 13.6. The molecule has 0 atom stereocenters. The Hall–Kier alpha value is -2.09. The van der Waals surface area contributed by atoms with Gasteiger partial charge in [0.05, 0.1) is 0 Å². The van der Waals surface area contributed by atoms with Gasteiger partial charge in [-0.2, -0.15) is 0 Å². The van der Waals surface area contributed by atoms with Crippen LogP contribution in [0.5, 0.6) is 0 Å². The number of benzene rings is 2. The van der Waals surface area contributed by atoms with Crippen molar-refractivity contribution in [3.8, 4) is 0 Å². The first kappa shape index (κ1) is 14.3. The molecule has 2 rings (SSSR count). The molecule has 0 amide bonds. The summed E-state index contributed by atoms with van der Waals surface area (Å²) in [5, 5.41) is 0. The van der Waals surface area contributed by atoms with Crippen molar-refractivity contribution in [2.24, 2.45) is 0 Å². The van der Waals surface area contributed by atoms with Gasteiger partial charge < -0.3 is 4.90 Å². The second-order valence-corrected chi connectivity index (χ2v) is 5.39. The Bertz CT molecular complexity index is 575. The molecule has 0 aliphatic rings. The van der Waals surface area contributed by atoms with Crippen molar-refractivity contribution in [1.29, 1.82) is 0 Å². The van der Waals surface area contributed by atoms with Gasteiger partial charge in [-0.3, -0.25) is 4.79 Å². The van der Waals surface area contributed by atoms with E-state index in [1.165, 1.54) is 5.56 Å². The molecule has 0 saturated heterocycles. The Morgan fingerprint density at radius 2 is 1.80 bits per heavy atom. The van der Waals surface area contributed by atoms with E-state index in [0.29, 0.717) is 6.04 Å². The smallest absolute Gasteiger partial charge is 0.152 e. The third-order valence-corrected chi connectivity index (χ3v) is 3.44. The molecule has 0 bridgehead atoms. The number of nitrogens with zero attached hydrogens (tertiary/aromatic N) is 1. The van der Waals surface area contributed by atoms with Crippen molar-refractivity contribution in [3.05, 3.63) is 65.2 Å². The van der Waals surface area contributed by atoms with Gasteiger partial charge in [-0.05, 0) is 38.5 Å². The highest BCUT2D eigenvalue weighted by Crippen LogP contribution is 2.24. The van der Waals surface area contributed by atoms with Crippen LogP contribution < -0.4 is 4.90 Å². The monoisotopic (exact) mass is 267 g/mol. The van der Waals surface area contributed by atoms with E-state index in [1.54, 1.807) is 0 Å². The third-order valence-electron chi connectivity index (χ3n) is 3.44. The first-order chi connectivity index (χ1) is 9.61. The molecule has 2 aromatic rings. The van der Waals surface area contributed by atoms with Crippen LogP contribution in [0.2, 0.25) is 0 Å². The zero-order chi connectivity index (χ0) is 14.5. The van der Waals surface area contributed by atoms with Crippen LogP contribution in [0.1, 0.15) is 35.3 Å². The van der Waals surface area contributed by atoms with Gasteiger partial charge in [0.2, 0.25) is 0 Å². The van der Waals surface area contributed by atoms with Gasteiger partial charge in [-0.25, -0.2) is 0 Å². The average molecular weight is 267 g/mol. The fraction of sp³-hybridized carbons (Fsp3) is 0.278. The summed E-state index contributed by atoms with van der Waals surface area (Å²) in [5.74, 6) is 0. The highest BCUT2D eigenvalue weighted by molar-refractivity contribution is 5.85. The molecule has 104 valence electrons. The Kier molecular flexibility index (Phi) is 4.57. The quantitative estimate of drug-likeness (QED) is 0.756. The number of aldehydes is 1. The van der Waals surface area contributed by atoms with Gasteiger partial charge in [0, 0.05) is 23.8 Å². The maximum absolute atomic E-state index is 11.3. The van der Waals surface area contributed by atoms with Crippen molar-refractivity contribution in [2.75, 3.05) is 4.90 Å². The molecule has 0 heterocycles. The molecular formula is C18H21NO. The number of carbonyl (C=O) groups is 1. The van der Waals surface area contributed by atoms with Gasteiger partial charge in [0.25, 0.3) is 0 Å². The van der Waals surface area contributed by atoms with Crippen LogP contribution in [-0.2, 0) is 6.54 Å². The molecule has 0 saturated carbocycles. The second-order valence-electron chi connectivity index (χ2n) is 5.39. The molecule has 2 nitrogen and oxygen atoms in total. The zero-order valence-electron chi connectivity index (χ0n) is 12.3. The first-order valence-electron chi connectivity index (χ1n) is 6.98. The van der Waals surface area contributed by atoms with Crippen molar-refractivity contribution in [3.63, 3.8) is 0 Å².